The van der Waals surface area contributed by atoms with Crippen LogP contribution in [-0.2, 0) is 4.79 Å². The second kappa shape index (κ2) is 5.80. The van der Waals surface area contributed by atoms with Gasteiger partial charge in [0.25, 0.3) is 0 Å². The molecule has 1 heterocycles. The molecule has 1 atom stereocenters. The van der Waals surface area contributed by atoms with Crippen molar-refractivity contribution in [1.82, 2.24) is 4.98 Å². The summed E-state index contributed by atoms with van der Waals surface area (Å²) < 4.78 is 0. The van der Waals surface area contributed by atoms with E-state index in [9.17, 15) is 4.79 Å². The first-order valence-corrected chi connectivity index (χ1v) is 6.98. The van der Waals surface area contributed by atoms with Gasteiger partial charge in [0.1, 0.15) is 0 Å². The van der Waals surface area contributed by atoms with Crippen LogP contribution >= 0.6 is 11.3 Å². The molecule has 0 aliphatic heterocycles. The van der Waals surface area contributed by atoms with Gasteiger partial charge in [-0.3, -0.25) is 4.79 Å². The smallest absolute Gasteiger partial charge is 0.227 e. The van der Waals surface area contributed by atoms with Crippen LogP contribution in [0, 0.1) is 19.3 Å². The fourth-order valence-electron chi connectivity index (χ4n) is 1.79. The van der Waals surface area contributed by atoms with Gasteiger partial charge in [0.15, 0.2) is 5.13 Å². The molecule has 3 N–H and O–H groups in total. The molecule has 18 heavy (non-hydrogen) atoms. The van der Waals surface area contributed by atoms with Crippen LogP contribution in [0.3, 0.4) is 0 Å². The van der Waals surface area contributed by atoms with Crippen molar-refractivity contribution < 1.29 is 4.79 Å². The number of carbonyl (C=O) groups excluding carboxylic acids is 1. The number of nitrogens with one attached hydrogen (secondary N) is 1. The first kappa shape index (κ1) is 15.1. The summed E-state index contributed by atoms with van der Waals surface area (Å²) in [6, 6.07) is -0.104. The lowest BCUT2D eigenvalue weighted by Crippen LogP contribution is -2.31. The number of amides is 1. The minimum Gasteiger partial charge on any atom is -0.327 e. The van der Waals surface area contributed by atoms with E-state index in [1.807, 2.05) is 13.8 Å². The highest BCUT2D eigenvalue weighted by molar-refractivity contribution is 7.15. The van der Waals surface area contributed by atoms with Crippen molar-refractivity contribution in [2.45, 2.75) is 53.5 Å². The van der Waals surface area contributed by atoms with E-state index >= 15 is 0 Å². The Labute approximate surface area is 113 Å². The van der Waals surface area contributed by atoms with E-state index in [2.05, 4.69) is 31.1 Å². The summed E-state index contributed by atoms with van der Waals surface area (Å²) in [5.41, 5.74) is 7.09. The Morgan fingerprint density at radius 3 is 2.50 bits per heavy atom. The van der Waals surface area contributed by atoms with Gasteiger partial charge in [0.2, 0.25) is 5.91 Å². The summed E-state index contributed by atoms with van der Waals surface area (Å²) in [6.07, 6.45) is 1.17. The Morgan fingerprint density at radius 1 is 1.44 bits per heavy atom. The maximum absolute atomic E-state index is 11.8. The van der Waals surface area contributed by atoms with Gasteiger partial charge in [-0.2, -0.15) is 0 Å². The standard InChI is InChI=1S/C13H23N3OS/c1-8-9(2)18-12(15-8)16-11(17)6-10(14)7-13(3,4)5/h10H,6-7,14H2,1-5H3,(H,15,16,17). The molecular weight excluding hydrogens is 246 g/mol. The third-order valence-electron chi connectivity index (χ3n) is 2.60. The summed E-state index contributed by atoms with van der Waals surface area (Å²) in [5, 5.41) is 3.47. The maximum Gasteiger partial charge on any atom is 0.227 e. The highest BCUT2D eigenvalue weighted by Gasteiger charge is 2.18. The average Bonchev–Trinajstić information content (AvgIpc) is 2.41. The summed E-state index contributed by atoms with van der Waals surface area (Å²) in [5.74, 6) is -0.0551. The molecule has 0 saturated heterocycles. The summed E-state index contributed by atoms with van der Waals surface area (Å²) in [6.45, 7) is 10.3. The molecule has 1 aromatic rings. The van der Waals surface area contributed by atoms with Crippen molar-refractivity contribution in [3.8, 4) is 0 Å². The van der Waals surface area contributed by atoms with E-state index in [1.54, 1.807) is 0 Å². The topological polar surface area (TPSA) is 68.0 Å². The molecule has 0 aliphatic carbocycles. The minimum atomic E-state index is -0.104. The second-order valence-corrected chi connectivity index (χ2v) is 7.14. The second-order valence-electron chi connectivity index (χ2n) is 5.94. The largest absolute Gasteiger partial charge is 0.327 e. The number of hydrogen-bond donors (Lipinski definition) is 2. The van der Waals surface area contributed by atoms with Crippen LogP contribution in [-0.4, -0.2) is 16.9 Å². The number of thiazole rings is 1. The molecule has 1 aromatic heterocycles. The fourth-order valence-corrected chi connectivity index (χ4v) is 2.62. The number of nitrogens with two attached hydrogens (primary N) is 1. The lowest BCUT2D eigenvalue weighted by Gasteiger charge is -2.22. The first-order valence-electron chi connectivity index (χ1n) is 6.17. The van der Waals surface area contributed by atoms with Crippen LogP contribution < -0.4 is 11.1 Å². The number of carbonyl (C=O) groups is 1. The van der Waals surface area contributed by atoms with Gasteiger partial charge in [-0.05, 0) is 25.7 Å². The number of aryl methyl sites for hydroxylation is 2. The predicted molar refractivity (Wildman–Crippen MR) is 76.9 cm³/mol. The highest BCUT2D eigenvalue weighted by atomic mass is 32.1. The van der Waals surface area contributed by atoms with Crippen LogP contribution in [0.5, 0.6) is 0 Å². The van der Waals surface area contributed by atoms with Crippen molar-refractivity contribution >= 4 is 22.4 Å². The number of nitrogens with zero attached hydrogens (tertiary/aromatic N) is 1. The lowest BCUT2D eigenvalue weighted by molar-refractivity contribution is -0.116. The average molecular weight is 269 g/mol. The Morgan fingerprint density at radius 2 is 2.06 bits per heavy atom. The highest BCUT2D eigenvalue weighted by Crippen LogP contribution is 2.23. The number of hydrogen-bond acceptors (Lipinski definition) is 4. The molecule has 0 fully saturated rings. The van der Waals surface area contributed by atoms with Crippen LogP contribution in [0.2, 0.25) is 0 Å². The Bertz CT molecular complexity index is 401. The molecule has 0 aliphatic rings. The van der Waals surface area contributed by atoms with Gasteiger partial charge >= 0.3 is 0 Å². The number of rotatable bonds is 4. The Hall–Kier alpha value is -0.940. The van der Waals surface area contributed by atoms with Gasteiger partial charge in [0.05, 0.1) is 5.69 Å². The molecule has 0 saturated carbocycles. The fraction of sp³-hybridized carbons (Fsp3) is 0.692. The third-order valence-corrected chi connectivity index (χ3v) is 3.59. The van der Waals surface area contributed by atoms with Crippen LogP contribution in [0.1, 0.15) is 44.2 Å². The molecule has 1 rings (SSSR count). The molecule has 1 unspecified atom stereocenters. The number of aromatic nitrogens is 1. The molecule has 0 spiro atoms. The van der Waals surface area contributed by atoms with Gasteiger partial charge in [-0.25, -0.2) is 4.98 Å². The molecule has 102 valence electrons. The summed E-state index contributed by atoms with van der Waals surface area (Å²) in [4.78, 5) is 17.2. The molecule has 1 amide bonds. The predicted octanol–water partition coefficient (Wildman–Crippen LogP) is 2.85. The van der Waals surface area contributed by atoms with Crippen molar-refractivity contribution in [3.05, 3.63) is 10.6 Å². The van der Waals surface area contributed by atoms with Crippen LogP contribution in [0.25, 0.3) is 0 Å². The third kappa shape index (κ3) is 5.14. The zero-order valence-electron chi connectivity index (χ0n) is 11.8. The van der Waals surface area contributed by atoms with Crippen LogP contribution in [0.15, 0.2) is 0 Å². The normalized spacial score (nSPS) is 13.4. The molecule has 0 aromatic carbocycles. The monoisotopic (exact) mass is 269 g/mol. The molecule has 0 bridgehead atoms. The van der Waals surface area contributed by atoms with Gasteiger partial charge < -0.3 is 11.1 Å². The SMILES string of the molecule is Cc1nc(NC(=O)CC(N)CC(C)(C)C)sc1C. The Balaban J connectivity index is 2.47. The lowest BCUT2D eigenvalue weighted by atomic mass is 9.87. The maximum atomic E-state index is 11.8. The van der Waals surface area contributed by atoms with Crippen molar-refractivity contribution in [1.29, 1.82) is 0 Å². The van der Waals surface area contributed by atoms with E-state index in [0.29, 0.717) is 11.6 Å². The van der Waals surface area contributed by atoms with Crippen molar-refractivity contribution in [2.75, 3.05) is 5.32 Å². The molecule has 0 radical (unpaired) electrons. The quantitative estimate of drug-likeness (QED) is 0.883. The van der Waals surface area contributed by atoms with Gasteiger partial charge in [-0.1, -0.05) is 20.8 Å². The molecule has 4 nitrogen and oxygen atoms in total. The van der Waals surface area contributed by atoms with E-state index in [4.69, 9.17) is 5.73 Å². The van der Waals surface area contributed by atoms with Gasteiger partial charge in [-0.15, -0.1) is 11.3 Å². The molecule has 5 heteroatoms. The van der Waals surface area contributed by atoms with E-state index < -0.39 is 0 Å². The van der Waals surface area contributed by atoms with E-state index in [1.165, 1.54) is 11.3 Å². The van der Waals surface area contributed by atoms with Crippen LogP contribution in [0.4, 0.5) is 5.13 Å². The summed E-state index contributed by atoms with van der Waals surface area (Å²) in [7, 11) is 0. The van der Waals surface area contributed by atoms with Crippen molar-refractivity contribution in [3.63, 3.8) is 0 Å². The first-order chi connectivity index (χ1) is 8.17. The van der Waals surface area contributed by atoms with Gasteiger partial charge in [0, 0.05) is 17.3 Å². The van der Waals surface area contributed by atoms with Crippen molar-refractivity contribution in [2.24, 2.45) is 11.1 Å². The van der Waals surface area contributed by atoms with E-state index in [0.717, 1.165) is 17.0 Å². The zero-order chi connectivity index (χ0) is 13.9. The number of anilines is 1. The molecular formula is C13H23N3OS. The zero-order valence-corrected chi connectivity index (χ0v) is 12.6. The Kier molecular flexibility index (Phi) is 4.87. The minimum absolute atomic E-state index is 0.0551. The summed E-state index contributed by atoms with van der Waals surface area (Å²) >= 11 is 1.50. The van der Waals surface area contributed by atoms with E-state index in [-0.39, 0.29) is 17.4 Å².